The number of carbonyl (C=O) groups is 2. The van der Waals surface area contributed by atoms with Gasteiger partial charge in [0.1, 0.15) is 0 Å². The van der Waals surface area contributed by atoms with E-state index in [9.17, 15) is 19.7 Å². The minimum Gasteiger partial charge on any atom is -0.294 e. The summed E-state index contributed by atoms with van der Waals surface area (Å²) in [7, 11) is 0. The fraction of sp³-hybridized carbons (Fsp3) is 0.300. The predicted molar refractivity (Wildman–Crippen MR) is 104 cm³/mol. The molecule has 2 N–H and O–H groups in total. The molecule has 1 aliphatic heterocycles. The zero-order chi connectivity index (χ0) is 19.9. The quantitative estimate of drug-likeness (QED) is 0.610. The number of likely N-dealkylation sites (tertiary alicyclic amines) is 1. The van der Waals surface area contributed by atoms with Gasteiger partial charge in [-0.3, -0.25) is 35.5 Å². The molecule has 0 aromatic heterocycles. The normalized spacial score (nSPS) is 15.0. The van der Waals surface area contributed by atoms with Crippen molar-refractivity contribution in [3.05, 3.63) is 75.8 Å². The van der Waals surface area contributed by atoms with Gasteiger partial charge in [0.15, 0.2) is 0 Å². The van der Waals surface area contributed by atoms with Crippen molar-refractivity contribution in [2.75, 3.05) is 19.6 Å². The van der Waals surface area contributed by atoms with Crippen LogP contribution in [0.25, 0.3) is 0 Å². The molecule has 0 aliphatic carbocycles. The van der Waals surface area contributed by atoms with Crippen LogP contribution in [-0.2, 0) is 4.79 Å². The topological polar surface area (TPSA) is 105 Å². The Morgan fingerprint density at radius 1 is 1.04 bits per heavy atom. The second kappa shape index (κ2) is 9.09. The predicted octanol–water partition coefficient (Wildman–Crippen LogP) is 2.24. The molecular weight excluding hydrogens is 360 g/mol. The standard InChI is InChI=1S/C20H22N4O4/c25-19(21-22-20(26)17-7-4-8-18(13-17)24(27)28)14-23-11-9-16(10-12-23)15-5-2-1-3-6-15/h1-8,13,16H,9-12,14H2,(H,21,25)(H,22,26). The van der Waals surface area contributed by atoms with Crippen LogP contribution in [-0.4, -0.2) is 41.3 Å². The molecule has 1 saturated heterocycles. The number of nitrogens with one attached hydrogen (secondary N) is 2. The highest BCUT2D eigenvalue weighted by atomic mass is 16.6. The average molecular weight is 382 g/mol. The lowest BCUT2D eigenvalue weighted by molar-refractivity contribution is -0.384. The molecule has 8 heteroatoms. The largest absolute Gasteiger partial charge is 0.294 e. The number of non-ortho nitro benzene ring substituents is 1. The Hall–Kier alpha value is -3.26. The van der Waals surface area contributed by atoms with Gasteiger partial charge in [-0.1, -0.05) is 36.4 Å². The van der Waals surface area contributed by atoms with Crippen molar-refractivity contribution in [3.63, 3.8) is 0 Å². The van der Waals surface area contributed by atoms with Crippen LogP contribution in [0.4, 0.5) is 5.69 Å². The lowest BCUT2D eigenvalue weighted by atomic mass is 9.89. The smallest absolute Gasteiger partial charge is 0.270 e. The second-order valence-corrected chi connectivity index (χ2v) is 6.77. The van der Waals surface area contributed by atoms with E-state index in [-0.39, 0.29) is 23.7 Å². The lowest BCUT2D eigenvalue weighted by Crippen LogP contribution is -2.47. The van der Waals surface area contributed by atoms with Gasteiger partial charge < -0.3 is 0 Å². The molecule has 28 heavy (non-hydrogen) atoms. The van der Waals surface area contributed by atoms with E-state index < -0.39 is 10.8 Å². The first-order chi connectivity index (χ1) is 13.5. The molecule has 2 aromatic carbocycles. The number of hydrazine groups is 1. The lowest BCUT2D eigenvalue weighted by Gasteiger charge is -2.31. The van der Waals surface area contributed by atoms with Gasteiger partial charge in [-0.15, -0.1) is 0 Å². The van der Waals surface area contributed by atoms with Crippen LogP contribution in [0.15, 0.2) is 54.6 Å². The number of nitro groups is 1. The fourth-order valence-corrected chi connectivity index (χ4v) is 3.35. The Labute approximate surface area is 162 Å². The second-order valence-electron chi connectivity index (χ2n) is 6.77. The molecule has 1 aliphatic rings. The summed E-state index contributed by atoms with van der Waals surface area (Å²) in [5, 5.41) is 10.8. The summed E-state index contributed by atoms with van der Waals surface area (Å²) in [5.41, 5.74) is 5.93. The van der Waals surface area contributed by atoms with Crippen molar-refractivity contribution in [1.82, 2.24) is 15.8 Å². The summed E-state index contributed by atoms with van der Waals surface area (Å²) in [6.07, 6.45) is 1.97. The number of hydrogen-bond donors (Lipinski definition) is 2. The van der Waals surface area contributed by atoms with Crippen molar-refractivity contribution < 1.29 is 14.5 Å². The number of rotatable bonds is 5. The maximum absolute atomic E-state index is 12.1. The highest BCUT2D eigenvalue weighted by Gasteiger charge is 2.22. The molecule has 146 valence electrons. The van der Waals surface area contributed by atoms with Crippen LogP contribution in [0, 0.1) is 10.1 Å². The molecule has 0 spiro atoms. The number of nitrogens with zero attached hydrogens (tertiary/aromatic N) is 2. The Balaban J connectivity index is 1.43. The third-order valence-corrected chi connectivity index (χ3v) is 4.86. The van der Waals surface area contributed by atoms with E-state index in [0.717, 1.165) is 32.0 Å². The maximum atomic E-state index is 12.1. The van der Waals surface area contributed by atoms with Crippen LogP contribution in [0.5, 0.6) is 0 Å². The van der Waals surface area contributed by atoms with E-state index in [0.29, 0.717) is 5.92 Å². The number of nitro benzene ring substituents is 1. The van der Waals surface area contributed by atoms with Gasteiger partial charge in [-0.2, -0.15) is 0 Å². The number of amides is 2. The molecule has 2 aromatic rings. The summed E-state index contributed by atoms with van der Waals surface area (Å²) in [6, 6.07) is 15.7. The molecule has 8 nitrogen and oxygen atoms in total. The van der Waals surface area contributed by atoms with Gasteiger partial charge >= 0.3 is 0 Å². The monoisotopic (exact) mass is 382 g/mol. The minimum atomic E-state index is -0.597. The van der Waals surface area contributed by atoms with Gasteiger partial charge in [-0.05, 0) is 43.5 Å². The molecule has 0 unspecified atom stereocenters. The van der Waals surface area contributed by atoms with Gasteiger partial charge in [0.05, 0.1) is 11.5 Å². The Bertz CT molecular complexity index is 848. The molecule has 3 rings (SSSR count). The summed E-state index contributed by atoms with van der Waals surface area (Å²) in [4.78, 5) is 36.4. The first-order valence-corrected chi connectivity index (χ1v) is 9.14. The zero-order valence-corrected chi connectivity index (χ0v) is 15.3. The van der Waals surface area contributed by atoms with Crippen molar-refractivity contribution in [3.8, 4) is 0 Å². The fourth-order valence-electron chi connectivity index (χ4n) is 3.35. The van der Waals surface area contributed by atoms with Crippen molar-refractivity contribution >= 4 is 17.5 Å². The van der Waals surface area contributed by atoms with Gasteiger partial charge in [0.2, 0.25) is 0 Å². The highest BCUT2D eigenvalue weighted by Crippen LogP contribution is 2.27. The van der Waals surface area contributed by atoms with Crippen LogP contribution in [0.1, 0.15) is 34.7 Å². The van der Waals surface area contributed by atoms with Crippen LogP contribution in [0.3, 0.4) is 0 Å². The SMILES string of the molecule is O=C(CN1CCC(c2ccccc2)CC1)NNC(=O)c1cccc([N+](=O)[O-])c1. The zero-order valence-electron chi connectivity index (χ0n) is 15.3. The molecule has 0 saturated carbocycles. The van der Waals surface area contributed by atoms with Gasteiger partial charge in [0, 0.05) is 17.7 Å². The molecular formula is C20H22N4O4. The van der Waals surface area contributed by atoms with E-state index in [4.69, 9.17) is 0 Å². The summed E-state index contributed by atoms with van der Waals surface area (Å²) in [6.45, 7) is 1.81. The van der Waals surface area contributed by atoms with Gasteiger partial charge in [0.25, 0.3) is 17.5 Å². The number of benzene rings is 2. The van der Waals surface area contributed by atoms with Crippen molar-refractivity contribution in [2.24, 2.45) is 0 Å². The average Bonchev–Trinajstić information content (AvgIpc) is 2.73. The van der Waals surface area contributed by atoms with Crippen molar-refractivity contribution in [2.45, 2.75) is 18.8 Å². The van der Waals surface area contributed by atoms with Crippen molar-refractivity contribution in [1.29, 1.82) is 0 Å². The number of piperidine rings is 1. The van der Waals surface area contributed by atoms with Gasteiger partial charge in [-0.25, -0.2) is 0 Å². The number of hydrogen-bond acceptors (Lipinski definition) is 5. The van der Waals surface area contributed by atoms with E-state index in [2.05, 4.69) is 23.0 Å². The molecule has 0 radical (unpaired) electrons. The molecule has 2 amide bonds. The van der Waals surface area contributed by atoms with E-state index in [1.165, 1.54) is 23.8 Å². The van der Waals surface area contributed by atoms with Crippen LogP contribution in [0.2, 0.25) is 0 Å². The molecule has 0 atom stereocenters. The van der Waals surface area contributed by atoms with E-state index >= 15 is 0 Å². The minimum absolute atomic E-state index is 0.109. The molecule has 1 fully saturated rings. The van der Waals surface area contributed by atoms with E-state index in [1.54, 1.807) is 0 Å². The first-order valence-electron chi connectivity index (χ1n) is 9.14. The van der Waals surface area contributed by atoms with Crippen LogP contribution >= 0.6 is 0 Å². The van der Waals surface area contributed by atoms with E-state index in [1.807, 2.05) is 23.1 Å². The number of carbonyl (C=O) groups excluding carboxylic acids is 2. The third kappa shape index (κ3) is 5.14. The summed E-state index contributed by atoms with van der Waals surface area (Å²) >= 11 is 0. The summed E-state index contributed by atoms with van der Waals surface area (Å²) < 4.78 is 0. The Morgan fingerprint density at radius 2 is 1.75 bits per heavy atom. The first kappa shape index (κ1) is 19.5. The summed E-state index contributed by atoms with van der Waals surface area (Å²) in [5.74, 6) is -0.411. The maximum Gasteiger partial charge on any atom is 0.270 e. The van der Waals surface area contributed by atoms with Crippen LogP contribution < -0.4 is 10.9 Å². The molecule has 1 heterocycles. The Kier molecular flexibility index (Phi) is 6.33. The Morgan fingerprint density at radius 3 is 2.43 bits per heavy atom. The highest BCUT2D eigenvalue weighted by molar-refractivity contribution is 5.96. The third-order valence-electron chi connectivity index (χ3n) is 4.86. The molecule has 0 bridgehead atoms.